The number of fused-ring (bicyclic) bond motifs is 1. The Morgan fingerprint density at radius 3 is 2.44 bits per heavy atom. The number of nitrogens with one attached hydrogen (secondary N) is 2. The predicted molar refractivity (Wildman–Crippen MR) is 103 cm³/mol. The average Bonchev–Trinajstić information content (AvgIpc) is 2.62. The molecule has 2 N–H and O–H groups in total. The number of para-hydroxylation sites is 2. The van der Waals surface area contributed by atoms with Gasteiger partial charge in [-0.15, -0.1) is 11.8 Å². The molecule has 0 aliphatic carbocycles. The number of thioether (sulfide) groups is 1. The lowest BCUT2D eigenvalue weighted by Gasteiger charge is -2.24. The van der Waals surface area contributed by atoms with Gasteiger partial charge in [-0.05, 0) is 36.1 Å². The molecule has 4 nitrogen and oxygen atoms in total. The molecule has 0 bridgehead atoms. The van der Waals surface area contributed by atoms with Gasteiger partial charge in [-0.1, -0.05) is 44.2 Å². The predicted octanol–water partition coefficient (Wildman–Crippen LogP) is 4.25. The Labute approximate surface area is 152 Å². The number of amides is 2. The van der Waals surface area contributed by atoms with Crippen LogP contribution in [0.25, 0.3) is 0 Å². The van der Waals surface area contributed by atoms with Crippen LogP contribution in [-0.2, 0) is 22.4 Å². The van der Waals surface area contributed by atoms with Crippen molar-refractivity contribution in [2.75, 3.05) is 10.6 Å². The number of carbonyl (C=O) groups is 2. The molecule has 130 valence electrons. The number of rotatable bonds is 5. The van der Waals surface area contributed by atoms with E-state index in [0.717, 1.165) is 40.2 Å². The molecule has 1 aliphatic heterocycles. The van der Waals surface area contributed by atoms with Gasteiger partial charge in [-0.25, -0.2) is 0 Å². The zero-order valence-electron chi connectivity index (χ0n) is 14.5. The molecule has 0 saturated carbocycles. The van der Waals surface area contributed by atoms with Gasteiger partial charge in [0.1, 0.15) is 0 Å². The van der Waals surface area contributed by atoms with Gasteiger partial charge >= 0.3 is 0 Å². The lowest BCUT2D eigenvalue weighted by atomic mass is 10.0. The fourth-order valence-electron chi connectivity index (χ4n) is 2.99. The third kappa shape index (κ3) is 3.87. The van der Waals surface area contributed by atoms with E-state index in [2.05, 4.69) is 24.5 Å². The minimum atomic E-state index is -0.409. The second-order valence-corrected chi connectivity index (χ2v) is 7.25. The van der Waals surface area contributed by atoms with Gasteiger partial charge in [0.25, 0.3) is 0 Å². The van der Waals surface area contributed by atoms with Crippen molar-refractivity contribution in [2.24, 2.45) is 0 Å². The minimum absolute atomic E-state index is 0.113. The summed E-state index contributed by atoms with van der Waals surface area (Å²) in [5.74, 6) is -0.235. The van der Waals surface area contributed by atoms with Gasteiger partial charge in [0, 0.05) is 17.0 Å². The van der Waals surface area contributed by atoms with Crippen molar-refractivity contribution in [1.29, 1.82) is 0 Å². The molecule has 1 atom stereocenters. The first-order valence-electron chi connectivity index (χ1n) is 8.59. The van der Waals surface area contributed by atoms with Crippen LogP contribution in [0.2, 0.25) is 0 Å². The molecule has 2 amide bonds. The average molecular weight is 354 g/mol. The zero-order valence-corrected chi connectivity index (χ0v) is 15.3. The molecule has 1 heterocycles. The molecular formula is C20H22N2O2S. The van der Waals surface area contributed by atoms with Crippen LogP contribution in [-0.4, -0.2) is 17.1 Å². The molecule has 1 aliphatic rings. The van der Waals surface area contributed by atoms with Gasteiger partial charge in [0.2, 0.25) is 11.8 Å². The van der Waals surface area contributed by atoms with E-state index in [1.54, 1.807) is 0 Å². The van der Waals surface area contributed by atoms with Gasteiger partial charge in [-0.3, -0.25) is 9.59 Å². The molecule has 0 saturated heterocycles. The molecule has 2 aromatic rings. The Morgan fingerprint density at radius 1 is 1.08 bits per heavy atom. The second kappa shape index (κ2) is 7.74. The van der Waals surface area contributed by atoms with Crippen LogP contribution in [0.15, 0.2) is 47.4 Å². The summed E-state index contributed by atoms with van der Waals surface area (Å²) in [4.78, 5) is 25.9. The van der Waals surface area contributed by atoms with E-state index in [1.165, 1.54) is 11.8 Å². The highest BCUT2D eigenvalue weighted by atomic mass is 32.2. The summed E-state index contributed by atoms with van der Waals surface area (Å²) in [6.45, 7) is 4.15. The van der Waals surface area contributed by atoms with E-state index in [-0.39, 0.29) is 18.2 Å². The highest BCUT2D eigenvalue weighted by Gasteiger charge is 2.29. The molecule has 3 rings (SSSR count). The summed E-state index contributed by atoms with van der Waals surface area (Å²) in [6.07, 6.45) is 1.87. The normalized spacial score (nSPS) is 16.1. The summed E-state index contributed by atoms with van der Waals surface area (Å²) in [5, 5.41) is 5.52. The molecule has 0 fully saturated rings. The Morgan fingerprint density at radius 2 is 1.76 bits per heavy atom. The highest BCUT2D eigenvalue weighted by molar-refractivity contribution is 8.01. The summed E-state index contributed by atoms with van der Waals surface area (Å²) < 4.78 is 0. The standard InChI is InChI=1S/C20H22N2O2S/c1-3-13-8-7-9-14(4-2)19(13)22-18(23)12-17-20(24)21-15-10-5-6-11-16(15)25-17/h5-11,17H,3-4,12H2,1-2H3,(H,21,24)(H,22,23)/t17-/m1/s1. The SMILES string of the molecule is CCc1cccc(CC)c1NC(=O)C[C@H]1Sc2ccccc2NC1=O. The van der Waals surface area contributed by atoms with E-state index >= 15 is 0 Å². The van der Waals surface area contributed by atoms with Crippen LogP contribution in [0, 0.1) is 0 Å². The Kier molecular flexibility index (Phi) is 5.43. The first-order valence-corrected chi connectivity index (χ1v) is 9.47. The summed E-state index contributed by atoms with van der Waals surface area (Å²) >= 11 is 1.45. The Hall–Kier alpha value is -2.27. The van der Waals surface area contributed by atoms with Crippen LogP contribution >= 0.6 is 11.8 Å². The van der Waals surface area contributed by atoms with Crippen molar-refractivity contribution >= 4 is 35.0 Å². The van der Waals surface area contributed by atoms with E-state index in [9.17, 15) is 9.59 Å². The fourth-order valence-corrected chi connectivity index (χ4v) is 4.10. The molecule has 0 aromatic heterocycles. The summed E-state index contributed by atoms with van der Waals surface area (Å²) in [5.41, 5.74) is 3.97. The maximum atomic E-state index is 12.6. The summed E-state index contributed by atoms with van der Waals surface area (Å²) in [6, 6.07) is 13.8. The van der Waals surface area contributed by atoms with Crippen molar-refractivity contribution in [1.82, 2.24) is 0 Å². The minimum Gasteiger partial charge on any atom is -0.326 e. The van der Waals surface area contributed by atoms with E-state index in [1.807, 2.05) is 42.5 Å². The third-order valence-electron chi connectivity index (χ3n) is 4.34. The number of anilines is 2. The number of benzene rings is 2. The first-order chi connectivity index (χ1) is 12.1. The molecule has 25 heavy (non-hydrogen) atoms. The number of hydrogen-bond donors (Lipinski definition) is 2. The van der Waals surface area contributed by atoms with E-state index in [0.29, 0.717) is 0 Å². The topological polar surface area (TPSA) is 58.2 Å². The van der Waals surface area contributed by atoms with Crippen molar-refractivity contribution in [3.63, 3.8) is 0 Å². The monoisotopic (exact) mass is 354 g/mol. The molecule has 0 spiro atoms. The lowest BCUT2D eigenvalue weighted by molar-refractivity contribution is -0.120. The molecular weight excluding hydrogens is 332 g/mol. The maximum absolute atomic E-state index is 12.6. The molecule has 0 unspecified atom stereocenters. The van der Waals surface area contributed by atoms with E-state index in [4.69, 9.17) is 0 Å². The van der Waals surface area contributed by atoms with Crippen LogP contribution in [0.1, 0.15) is 31.4 Å². The lowest BCUT2D eigenvalue weighted by Crippen LogP contribution is -2.32. The van der Waals surface area contributed by atoms with Crippen LogP contribution in [0.5, 0.6) is 0 Å². The van der Waals surface area contributed by atoms with Crippen molar-refractivity contribution in [3.8, 4) is 0 Å². The largest absolute Gasteiger partial charge is 0.326 e. The van der Waals surface area contributed by atoms with Crippen molar-refractivity contribution < 1.29 is 9.59 Å². The third-order valence-corrected chi connectivity index (χ3v) is 5.62. The van der Waals surface area contributed by atoms with E-state index < -0.39 is 5.25 Å². The highest BCUT2D eigenvalue weighted by Crippen LogP contribution is 2.36. The van der Waals surface area contributed by atoms with Gasteiger partial charge in [0.15, 0.2) is 0 Å². The Balaban J connectivity index is 1.73. The van der Waals surface area contributed by atoms with Crippen LogP contribution < -0.4 is 10.6 Å². The van der Waals surface area contributed by atoms with Gasteiger partial charge in [-0.2, -0.15) is 0 Å². The van der Waals surface area contributed by atoms with Crippen molar-refractivity contribution in [3.05, 3.63) is 53.6 Å². The second-order valence-electron chi connectivity index (χ2n) is 6.00. The Bertz CT molecular complexity index is 782. The fraction of sp³-hybridized carbons (Fsp3) is 0.300. The first kappa shape index (κ1) is 17.5. The van der Waals surface area contributed by atoms with Crippen LogP contribution in [0.4, 0.5) is 11.4 Å². The number of aryl methyl sites for hydroxylation is 2. The molecule has 0 radical (unpaired) electrons. The summed E-state index contributed by atoms with van der Waals surface area (Å²) in [7, 11) is 0. The number of hydrogen-bond acceptors (Lipinski definition) is 3. The molecule has 2 aromatic carbocycles. The zero-order chi connectivity index (χ0) is 17.8. The smallest absolute Gasteiger partial charge is 0.238 e. The van der Waals surface area contributed by atoms with Gasteiger partial charge < -0.3 is 10.6 Å². The molecule has 5 heteroatoms. The number of carbonyl (C=O) groups excluding carboxylic acids is 2. The van der Waals surface area contributed by atoms with Crippen LogP contribution in [0.3, 0.4) is 0 Å². The van der Waals surface area contributed by atoms with Gasteiger partial charge in [0.05, 0.1) is 10.9 Å². The van der Waals surface area contributed by atoms with Crippen molar-refractivity contribution in [2.45, 2.75) is 43.3 Å². The quantitative estimate of drug-likeness (QED) is 0.844. The maximum Gasteiger partial charge on any atom is 0.238 e.